The second-order valence-electron chi connectivity index (χ2n) is 3.87. The number of carboxylic acids is 1. The van der Waals surface area contributed by atoms with Gasteiger partial charge in [-0.1, -0.05) is 6.42 Å². The molecule has 4 nitrogen and oxygen atoms in total. The van der Waals surface area contributed by atoms with E-state index in [-0.39, 0.29) is 6.42 Å². The SMILES string of the molecule is O=C(O)C1CCCC(NC(=O)C(F)(F)F)C1. The average Bonchev–Trinajstić information content (AvgIpc) is 2.16. The zero-order valence-electron chi connectivity index (χ0n) is 8.38. The fourth-order valence-electron chi connectivity index (χ4n) is 1.81. The first kappa shape index (κ1) is 12.8. The number of halogens is 3. The van der Waals surface area contributed by atoms with Crippen molar-refractivity contribution in [3.8, 4) is 0 Å². The third-order valence-corrected chi connectivity index (χ3v) is 2.62. The van der Waals surface area contributed by atoms with Crippen LogP contribution in [0.3, 0.4) is 0 Å². The maximum absolute atomic E-state index is 11.9. The number of carboxylic acid groups (broad SMARTS) is 1. The van der Waals surface area contributed by atoms with Crippen molar-refractivity contribution in [1.29, 1.82) is 0 Å². The van der Waals surface area contributed by atoms with E-state index in [1.807, 2.05) is 5.32 Å². The molecule has 7 heteroatoms. The average molecular weight is 239 g/mol. The lowest BCUT2D eigenvalue weighted by molar-refractivity contribution is -0.174. The Bertz CT molecular complexity index is 290. The zero-order valence-corrected chi connectivity index (χ0v) is 8.38. The Balaban J connectivity index is 2.49. The molecule has 16 heavy (non-hydrogen) atoms. The first-order valence-corrected chi connectivity index (χ1v) is 4.91. The molecule has 92 valence electrons. The van der Waals surface area contributed by atoms with Crippen LogP contribution in [0.2, 0.25) is 0 Å². The van der Waals surface area contributed by atoms with Crippen LogP contribution in [0.25, 0.3) is 0 Å². The van der Waals surface area contributed by atoms with Crippen LogP contribution in [0.4, 0.5) is 13.2 Å². The van der Waals surface area contributed by atoms with Gasteiger partial charge in [0.25, 0.3) is 0 Å². The molecule has 0 heterocycles. The zero-order chi connectivity index (χ0) is 12.3. The van der Waals surface area contributed by atoms with Gasteiger partial charge in [0.15, 0.2) is 0 Å². The summed E-state index contributed by atoms with van der Waals surface area (Å²) in [4.78, 5) is 21.3. The Morgan fingerprint density at radius 1 is 1.25 bits per heavy atom. The van der Waals surface area contributed by atoms with Gasteiger partial charge in [0.2, 0.25) is 0 Å². The van der Waals surface area contributed by atoms with Crippen molar-refractivity contribution in [3.63, 3.8) is 0 Å². The minimum atomic E-state index is -4.91. The molecular weight excluding hydrogens is 227 g/mol. The van der Waals surface area contributed by atoms with Crippen molar-refractivity contribution in [3.05, 3.63) is 0 Å². The van der Waals surface area contributed by atoms with Gasteiger partial charge in [-0.3, -0.25) is 9.59 Å². The summed E-state index contributed by atoms with van der Waals surface area (Å²) >= 11 is 0. The lowest BCUT2D eigenvalue weighted by Crippen LogP contribution is -2.45. The van der Waals surface area contributed by atoms with E-state index in [0.717, 1.165) is 0 Å². The smallest absolute Gasteiger partial charge is 0.471 e. The van der Waals surface area contributed by atoms with Crippen LogP contribution in [-0.2, 0) is 9.59 Å². The van der Waals surface area contributed by atoms with Gasteiger partial charge in [0.1, 0.15) is 0 Å². The molecule has 1 aliphatic carbocycles. The van der Waals surface area contributed by atoms with Gasteiger partial charge in [-0.2, -0.15) is 13.2 Å². The summed E-state index contributed by atoms with van der Waals surface area (Å²) < 4.78 is 35.8. The van der Waals surface area contributed by atoms with Crippen molar-refractivity contribution in [2.45, 2.75) is 37.9 Å². The number of carbonyl (C=O) groups excluding carboxylic acids is 1. The minimum Gasteiger partial charge on any atom is -0.481 e. The maximum atomic E-state index is 11.9. The second-order valence-corrected chi connectivity index (χ2v) is 3.87. The number of aliphatic carboxylic acids is 1. The molecule has 1 fully saturated rings. The van der Waals surface area contributed by atoms with E-state index >= 15 is 0 Å². The van der Waals surface area contributed by atoms with E-state index in [1.165, 1.54) is 0 Å². The number of rotatable bonds is 2. The number of hydrogen-bond donors (Lipinski definition) is 2. The van der Waals surface area contributed by atoms with Gasteiger partial charge in [-0.25, -0.2) is 0 Å². The van der Waals surface area contributed by atoms with Gasteiger partial charge < -0.3 is 10.4 Å². The highest BCUT2D eigenvalue weighted by Gasteiger charge is 2.40. The highest BCUT2D eigenvalue weighted by molar-refractivity contribution is 5.82. The number of hydrogen-bond acceptors (Lipinski definition) is 2. The van der Waals surface area contributed by atoms with Crippen LogP contribution in [-0.4, -0.2) is 29.2 Å². The molecule has 0 aromatic carbocycles. The topological polar surface area (TPSA) is 66.4 Å². The lowest BCUT2D eigenvalue weighted by atomic mass is 9.86. The summed E-state index contributed by atoms with van der Waals surface area (Å²) in [5.41, 5.74) is 0. The highest BCUT2D eigenvalue weighted by Crippen LogP contribution is 2.25. The lowest BCUT2D eigenvalue weighted by Gasteiger charge is -2.27. The van der Waals surface area contributed by atoms with Crippen molar-refractivity contribution < 1.29 is 27.9 Å². The molecule has 1 aliphatic rings. The summed E-state index contributed by atoms with van der Waals surface area (Å²) in [6, 6.07) is -0.691. The van der Waals surface area contributed by atoms with E-state index in [1.54, 1.807) is 0 Å². The van der Waals surface area contributed by atoms with Gasteiger partial charge >= 0.3 is 18.1 Å². The Morgan fingerprint density at radius 2 is 1.88 bits per heavy atom. The monoisotopic (exact) mass is 239 g/mol. The van der Waals surface area contributed by atoms with Crippen LogP contribution in [0.1, 0.15) is 25.7 Å². The fourth-order valence-corrected chi connectivity index (χ4v) is 1.81. The third-order valence-electron chi connectivity index (χ3n) is 2.62. The predicted molar refractivity (Wildman–Crippen MR) is 47.6 cm³/mol. The molecule has 0 saturated heterocycles. The molecule has 0 aliphatic heterocycles. The minimum absolute atomic E-state index is 0.0666. The molecule has 2 N–H and O–H groups in total. The maximum Gasteiger partial charge on any atom is 0.471 e. The van der Waals surface area contributed by atoms with Crippen LogP contribution in [0, 0.1) is 5.92 Å². The Morgan fingerprint density at radius 3 is 2.38 bits per heavy atom. The van der Waals surface area contributed by atoms with Crippen LogP contribution < -0.4 is 5.32 Å². The van der Waals surface area contributed by atoms with Crippen molar-refractivity contribution in [2.75, 3.05) is 0 Å². The Hall–Kier alpha value is -1.27. The number of amides is 1. The van der Waals surface area contributed by atoms with E-state index in [2.05, 4.69) is 0 Å². The summed E-state index contributed by atoms with van der Waals surface area (Å²) in [7, 11) is 0. The summed E-state index contributed by atoms with van der Waals surface area (Å²) in [6.45, 7) is 0. The van der Waals surface area contributed by atoms with Gasteiger partial charge in [-0.15, -0.1) is 0 Å². The van der Waals surface area contributed by atoms with Crippen LogP contribution in [0.15, 0.2) is 0 Å². The van der Waals surface area contributed by atoms with E-state index in [4.69, 9.17) is 5.11 Å². The summed E-state index contributed by atoms with van der Waals surface area (Å²) in [6.07, 6.45) is -3.48. The van der Waals surface area contributed by atoms with Crippen molar-refractivity contribution in [1.82, 2.24) is 5.32 Å². The molecule has 0 bridgehead atoms. The third kappa shape index (κ3) is 3.39. The molecule has 1 saturated carbocycles. The molecule has 0 aromatic heterocycles. The van der Waals surface area contributed by atoms with Gasteiger partial charge in [0.05, 0.1) is 5.92 Å². The summed E-state index contributed by atoms with van der Waals surface area (Å²) in [5.74, 6) is -3.68. The molecule has 1 amide bonds. The molecular formula is C9H12F3NO3. The Labute approximate surface area is 89.8 Å². The first-order chi connectivity index (χ1) is 7.30. The number of alkyl halides is 3. The first-order valence-electron chi connectivity index (χ1n) is 4.91. The highest BCUT2D eigenvalue weighted by atomic mass is 19.4. The van der Waals surface area contributed by atoms with E-state index < -0.39 is 30.0 Å². The quantitative estimate of drug-likeness (QED) is 0.763. The number of nitrogens with one attached hydrogen (secondary N) is 1. The van der Waals surface area contributed by atoms with Crippen molar-refractivity contribution in [2.24, 2.45) is 5.92 Å². The predicted octanol–water partition coefficient (Wildman–Crippen LogP) is 1.31. The molecule has 0 spiro atoms. The van der Waals surface area contributed by atoms with E-state index in [9.17, 15) is 22.8 Å². The van der Waals surface area contributed by atoms with Gasteiger partial charge in [0, 0.05) is 6.04 Å². The van der Waals surface area contributed by atoms with Crippen LogP contribution >= 0.6 is 0 Å². The molecule has 0 aromatic rings. The van der Waals surface area contributed by atoms with Crippen molar-refractivity contribution >= 4 is 11.9 Å². The summed E-state index contributed by atoms with van der Waals surface area (Å²) in [5, 5.41) is 10.5. The van der Waals surface area contributed by atoms with Crippen LogP contribution in [0.5, 0.6) is 0 Å². The second kappa shape index (κ2) is 4.71. The molecule has 2 atom stereocenters. The molecule has 1 rings (SSSR count). The number of carbonyl (C=O) groups is 2. The van der Waals surface area contributed by atoms with Gasteiger partial charge in [-0.05, 0) is 19.3 Å². The Kier molecular flexibility index (Phi) is 3.77. The van der Waals surface area contributed by atoms with E-state index in [0.29, 0.717) is 19.3 Å². The normalized spacial score (nSPS) is 26.2. The standard InChI is InChI=1S/C9H12F3NO3/c10-9(11,12)8(16)13-6-3-1-2-5(4-6)7(14)15/h5-6H,1-4H2,(H,13,16)(H,14,15). The molecule has 2 unspecified atom stereocenters. The fraction of sp³-hybridized carbons (Fsp3) is 0.778. The largest absolute Gasteiger partial charge is 0.481 e. The molecule has 0 radical (unpaired) electrons.